The van der Waals surface area contributed by atoms with Crippen LogP contribution in [0.1, 0.15) is 22.3 Å². The van der Waals surface area contributed by atoms with Gasteiger partial charge in [-0.3, -0.25) is 4.21 Å². The van der Waals surface area contributed by atoms with Gasteiger partial charge in [-0.05, 0) is 13.8 Å². The van der Waals surface area contributed by atoms with Crippen molar-refractivity contribution in [2.75, 3.05) is 24.4 Å². The molecule has 7 heteroatoms. The number of aromatic nitrogens is 1. The van der Waals surface area contributed by atoms with Crippen LogP contribution < -0.4 is 5.32 Å². The average molecular weight is 276 g/mol. The number of nitrogens with one attached hydrogen (secondary N) is 1. The molecule has 0 amide bonds. The van der Waals surface area contributed by atoms with Gasteiger partial charge in [0.2, 0.25) is 0 Å². The summed E-state index contributed by atoms with van der Waals surface area (Å²) in [7, 11) is 0.489. The van der Waals surface area contributed by atoms with Gasteiger partial charge >= 0.3 is 5.97 Å². The second-order valence-electron chi connectivity index (χ2n) is 3.71. The van der Waals surface area contributed by atoms with Crippen molar-refractivity contribution in [1.82, 2.24) is 4.98 Å². The van der Waals surface area contributed by atoms with E-state index in [9.17, 15) is 9.00 Å². The molecule has 0 spiro atoms. The summed E-state index contributed by atoms with van der Waals surface area (Å²) in [4.78, 5) is 16.1. The summed E-state index contributed by atoms with van der Waals surface area (Å²) in [5.74, 6) is 0.173. The minimum Gasteiger partial charge on any atom is -0.465 e. The number of nitrogens with zero attached hydrogens (tertiary/aromatic N) is 1. The molecule has 0 fully saturated rings. The van der Waals surface area contributed by atoms with Gasteiger partial charge in [0.05, 0.1) is 12.8 Å². The van der Waals surface area contributed by atoms with Crippen molar-refractivity contribution in [3.63, 3.8) is 0 Å². The number of ether oxygens (including phenoxy) is 1. The summed E-state index contributed by atoms with van der Waals surface area (Å²) in [5.41, 5.74) is 0.647. The molecule has 0 aliphatic heterocycles. The zero-order valence-corrected chi connectivity index (χ0v) is 11.9. The number of carbonyl (C=O) groups is 1. The van der Waals surface area contributed by atoms with Crippen LogP contribution in [0, 0.1) is 6.92 Å². The zero-order chi connectivity index (χ0) is 13.0. The Balaban J connectivity index is 2.73. The van der Waals surface area contributed by atoms with Gasteiger partial charge < -0.3 is 10.1 Å². The maximum absolute atomic E-state index is 11.4. The lowest BCUT2D eigenvalue weighted by Crippen LogP contribution is -2.22. The number of carbonyl (C=O) groups excluding carboxylic acids is 1. The van der Waals surface area contributed by atoms with Gasteiger partial charge in [0.25, 0.3) is 0 Å². The van der Waals surface area contributed by atoms with Crippen molar-refractivity contribution in [3.8, 4) is 0 Å². The standard InChI is InChI=1S/C10H16N2O3S2/c1-6(5-17(4)14)11-10-12-7(2)8(16-10)9(13)15-3/h6H,5H2,1-4H3,(H,11,12). The lowest BCUT2D eigenvalue weighted by molar-refractivity contribution is 0.0605. The molecular weight excluding hydrogens is 260 g/mol. The lowest BCUT2D eigenvalue weighted by atomic mass is 10.4. The van der Waals surface area contributed by atoms with Crippen LogP contribution in [0.4, 0.5) is 5.13 Å². The molecule has 0 radical (unpaired) electrons. The monoisotopic (exact) mass is 276 g/mol. The number of methoxy groups -OCH3 is 1. The van der Waals surface area contributed by atoms with E-state index in [0.29, 0.717) is 21.5 Å². The molecule has 1 heterocycles. The molecule has 0 aromatic carbocycles. The van der Waals surface area contributed by atoms with E-state index in [1.807, 2.05) is 6.92 Å². The van der Waals surface area contributed by atoms with E-state index in [-0.39, 0.29) is 12.0 Å². The molecule has 1 N–H and O–H groups in total. The van der Waals surface area contributed by atoms with Crippen LogP contribution in [0.2, 0.25) is 0 Å². The topological polar surface area (TPSA) is 68.3 Å². The molecule has 17 heavy (non-hydrogen) atoms. The predicted octanol–water partition coefficient (Wildman–Crippen LogP) is 1.42. The Morgan fingerprint density at radius 3 is 2.82 bits per heavy atom. The normalized spacial score (nSPS) is 14.1. The van der Waals surface area contributed by atoms with Gasteiger partial charge in [0.1, 0.15) is 4.88 Å². The maximum Gasteiger partial charge on any atom is 0.350 e. The van der Waals surface area contributed by atoms with Crippen molar-refractivity contribution >= 4 is 33.2 Å². The van der Waals surface area contributed by atoms with Gasteiger partial charge in [0.15, 0.2) is 5.13 Å². The van der Waals surface area contributed by atoms with E-state index in [4.69, 9.17) is 0 Å². The fourth-order valence-corrected chi connectivity index (χ4v) is 3.13. The first-order valence-corrected chi connectivity index (χ1v) is 7.60. The number of hydrogen-bond donors (Lipinski definition) is 1. The maximum atomic E-state index is 11.4. The smallest absolute Gasteiger partial charge is 0.350 e. The number of thiazole rings is 1. The van der Waals surface area contributed by atoms with E-state index in [1.54, 1.807) is 13.2 Å². The molecule has 0 aliphatic carbocycles. The first-order valence-electron chi connectivity index (χ1n) is 5.06. The molecule has 0 bridgehead atoms. The van der Waals surface area contributed by atoms with E-state index >= 15 is 0 Å². The largest absolute Gasteiger partial charge is 0.465 e. The van der Waals surface area contributed by atoms with E-state index in [0.717, 1.165) is 0 Å². The summed E-state index contributed by atoms with van der Waals surface area (Å²) in [6, 6.07) is 0.0527. The van der Waals surface area contributed by atoms with E-state index in [1.165, 1.54) is 18.4 Å². The highest BCUT2D eigenvalue weighted by Gasteiger charge is 2.16. The Morgan fingerprint density at radius 1 is 1.65 bits per heavy atom. The number of anilines is 1. The molecule has 0 aliphatic rings. The minimum atomic E-state index is -0.856. The first-order chi connectivity index (χ1) is 7.93. The Morgan fingerprint density at radius 2 is 2.29 bits per heavy atom. The Bertz CT molecular complexity index is 431. The first kappa shape index (κ1) is 14.1. The molecule has 96 valence electrons. The second kappa shape index (κ2) is 6.11. The average Bonchev–Trinajstić information content (AvgIpc) is 2.56. The van der Waals surface area contributed by atoms with E-state index in [2.05, 4.69) is 15.0 Å². The Hall–Kier alpha value is -0.950. The van der Waals surface area contributed by atoms with Crippen molar-refractivity contribution in [3.05, 3.63) is 10.6 Å². The Kier molecular flexibility index (Phi) is 5.07. The Labute approximate surface area is 107 Å². The molecule has 2 atom stereocenters. The molecule has 5 nitrogen and oxygen atoms in total. The molecule has 1 aromatic rings. The highest BCUT2D eigenvalue weighted by molar-refractivity contribution is 7.84. The van der Waals surface area contributed by atoms with Crippen LogP contribution in [0.25, 0.3) is 0 Å². The van der Waals surface area contributed by atoms with Crippen LogP contribution in [-0.4, -0.2) is 40.3 Å². The molecule has 1 rings (SSSR count). The fraction of sp³-hybridized carbons (Fsp3) is 0.600. The summed E-state index contributed by atoms with van der Waals surface area (Å²) in [6.45, 7) is 3.69. The molecule has 1 aromatic heterocycles. The SMILES string of the molecule is COC(=O)c1sc(NC(C)CS(C)=O)nc1C. The quantitative estimate of drug-likeness (QED) is 0.824. The van der Waals surface area contributed by atoms with Gasteiger partial charge in [-0.15, -0.1) is 0 Å². The van der Waals surface area contributed by atoms with Gasteiger partial charge in [-0.25, -0.2) is 9.78 Å². The summed E-state index contributed by atoms with van der Waals surface area (Å²) >= 11 is 1.25. The van der Waals surface area contributed by atoms with Crippen molar-refractivity contribution < 1.29 is 13.7 Å². The van der Waals surface area contributed by atoms with Crippen LogP contribution in [0.3, 0.4) is 0 Å². The highest BCUT2D eigenvalue weighted by Crippen LogP contribution is 2.23. The zero-order valence-electron chi connectivity index (χ0n) is 10.3. The molecular formula is C10H16N2O3S2. The van der Waals surface area contributed by atoms with Crippen LogP contribution in [0.15, 0.2) is 0 Å². The lowest BCUT2D eigenvalue weighted by Gasteiger charge is -2.10. The summed E-state index contributed by atoms with van der Waals surface area (Å²) < 4.78 is 15.7. The third kappa shape index (κ3) is 4.08. The molecule has 0 saturated carbocycles. The molecule has 2 unspecified atom stereocenters. The number of aryl methyl sites for hydroxylation is 1. The summed E-state index contributed by atoms with van der Waals surface area (Å²) in [6.07, 6.45) is 1.66. The second-order valence-corrected chi connectivity index (χ2v) is 6.19. The number of hydrogen-bond acceptors (Lipinski definition) is 6. The minimum absolute atomic E-state index is 0.0527. The van der Waals surface area contributed by atoms with Crippen LogP contribution in [0.5, 0.6) is 0 Å². The van der Waals surface area contributed by atoms with Gasteiger partial charge in [-0.2, -0.15) is 0 Å². The van der Waals surface area contributed by atoms with E-state index < -0.39 is 10.8 Å². The third-order valence-corrected chi connectivity index (χ3v) is 4.06. The van der Waals surface area contributed by atoms with Gasteiger partial charge in [-0.1, -0.05) is 11.3 Å². The van der Waals surface area contributed by atoms with Crippen LogP contribution >= 0.6 is 11.3 Å². The number of esters is 1. The predicted molar refractivity (Wildman–Crippen MR) is 70.2 cm³/mol. The fourth-order valence-electron chi connectivity index (χ4n) is 1.34. The summed E-state index contributed by atoms with van der Waals surface area (Å²) in [5, 5.41) is 3.77. The van der Waals surface area contributed by atoms with Crippen molar-refractivity contribution in [1.29, 1.82) is 0 Å². The van der Waals surface area contributed by atoms with Gasteiger partial charge in [0, 0.05) is 28.9 Å². The number of rotatable bonds is 5. The third-order valence-electron chi connectivity index (χ3n) is 2.02. The van der Waals surface area contributed by atoms with Crippen molar-refractivity contribution in [2.45, 2.75) is 19.9 Å². The molecule has 0 saturated heterocycles. The van der Waals surface area contributed by atoms with Crippen LogP contribution in [-0.2, 0) is 15.5 Å². The highest BCUT2D eigenvalue weighted by atomic mass is 32.2. The van der Waals surface area contributed by atoms with Crippen molar-refractivity contribution in [2.24, 2.45) is 0 Å².